The van der Waals surface area contributed by atoms with Gasteiger partial charge in [-0.1, -0.05) is 0 Å². The molecule has 0 aromatic carbocycles. The van der Waals surface area contributed by atoms with Crippen LogP contribution in [0.25, 0.3) is 0 Å². The molecule has 0 aliphatic rings. The highest BCUT2D eigenvalue weighted by Gasteiger charge is 2.19. The molecule has 0 radical (unpaired) electrons. The highest BCUT2D eigenvalue weighted by Crippen LogP contribution is 2.12. The molecule has 84 valence electrons. The minimum absolute atomic E-state index is 0.0208. The Hall–Kier alpha value is -0.940. The molecule has 4 nitrogen and oxygen atoms in total. The van der Waals surface area contributed by atoms with Crippen molar-refractivity contribution in [2.75, 3.05) is 13.2 Å². The van der Waals surface area contributed by atoms with E-state index in [2.05, 4.69) is 4.98 Å². The van der Waals surface area contributed by atoms with Gasteiger partial charge in [-0.3, -0.25) is 4.79 Å². The molecule has 0 atom stereocenters. The van der Waals surface area contributed by atoms with Crippen molar-refractivity contribution >= 4 is 17.2 Å². The summed E-state index contributed by atoms with van der Waals surface area (Å²) in [6.07, 6.45) is 0. The number of nitrogens with zero attached hydrogens (tertiary/aromatic N) is 2. The Balaban J connectivity index is 2.80. The molecule has 15 heavy (non-hydrogen) atoms. The minimum atomic E-state index is -0.108. The van der Waals surface area contributed by atoms with Crippen LogP contribution < -0.4 is 0 Å². The largest absolute Gasteiger partial charge is 0.395 e. The number of rotatable bonds is 4. The second-order valence-electron chi connectivity index (χ2n) is 3.57. The van der Waals surface area contributed by atoms with E-state index >= 15 is 0 Å². The zero-order valence-electron chi connectivity index (χ0n) is 9.23. The van der Waals surface area contributed by atoms with Gasteiger partial charge in [0.25, 0.3) is 5.91 Å². The van der Waals surface area contributed by atoms with Crippen molar-refractivity contribution in [2.24, 2.45) is 0 Å². The van der Waals surface area contributed by atoms with Crippen molar-refractivity contribution in [3.05, 3.63) is 16.1 Å². The lowest BCUT2D eigenvalue weighted by molar-refractivity contribution is 0.0660. The van der Waals surface area contributed by atoms with Crippen molar-refractivity contribution in [3.63, 3.8) is 0 Å². The molecule has 0 aliphatic carbocycles. The lowest BCUT2D eigenvalue weighted by Crippen LogP contribution is -2.39. The first-order valence-corrected chi connectivity index (χ1v) is 5.78. The van der Waals surface area contributed by atoms with Crippen LogP contribution in [0.4, 0.5) is 0 Å². The normalized spacial score (nSPS) is 10.7. The van der Waals surface area contributed by atoms with E-state index in [0.717, 1.165) is 5.01 Å². The average molecular weight is 228 g/mol. The molecule has 1 heterocycles. The van der Waals surface area contributed by atoms with Gasteiger partial charge >= 0.3 is 0 Å². The van der Waals surface area contributed by atoms with Gasteiger partial charge in [-0.2, -0.15) is 0 Å². The fourth-order valence-electron chi connectivity index (χ4n) is 1.31. The summed E-state index contributed by atoms with van der Waals surface area (Å²) in [6, 6.07) is 0.0756. The van der Waals surface area contributed by atoms with E-state index in [1.807, 2.05) is 20.8 Å². The molecule has 0 unspecified atom stereocenters. The lowest BCUT2D eigenvalue weighted by atomic mass is 10.3. The number of aliphatic hydroxyl groups is 1. The maximum absolute atomic E-state index is 11.9. The van der Waals surface area contributed by atoms with Crippen LogP contribution in [0.2, 0.25) is 0 Å². The molecular weight excluding hydrogens is 212 g/mol. The number of thiazole rings is 1. The van der Waals surface area contributed by atoms with E-state index < -0.39 is 0 Å². The number of aromatic nitrogens is 1. The van der Waals surface area contributed by atoms with Crippen LogP contribution in [0, 0.1) is 6.92 Å². The summed E-state index contributed by atoms with van der Waals surface area (Å²) >= 11 is 1.46. The van der Waals surface area contributed by atoms with E-state index in [9.17, 15) is 4.79 Å². The number of hydrogen-bond donors (Lipinski definition) is 1. The first-order chi connectivity index (χ1) is 7.06. The van der Waals surface area contributed by atoms with Crippen molar-refractivity contribution in [2.45, 2.75) is 26.8 Å². The number of carbonyl (C=O) groups excluding carboxylic acids is 1. The van der Waals surface area contributed by atoms with E-state index in [4.69, 9.17) is 5.11 Å². The quantitative estimate of drug-likeness (QED) is 0.845. The maximum atomic E-state index is 11.9. The zero-order valence-corrected chi connectivity index (χ0v) is 10.0. The van der Waals surface area contributed by atoms with Crippen LogP contribution in [0.5, 0.6) is 0 Å². The second kappa shape index (κ2) is 5.23. The SMILES string of the molecule is Cc1nc(C(=O)N(CCO)C(C)C)cs1. The van der Waals surface area contributed by atoms with Gasteiger partial charge in [0.1, 0.15) is 5.69 Å². The molecule has 1 amide bonds. The predicted molar refractivity (Wildman–Crippen MR) is 60.1 cm³/mol. The van der Waals surface area contributed by atoms with Crippen LogP contribution in [-0.2, 0) is 0 Å². The molecule has 0 fully saturated rings. The monoisotopic (exact) mass is 228 g/mol. The summed E-state index contributed by atoms with van der Waals surface area (Å²) in [5, 5.41) is 11.5. The smallest absolute Gasteiger partial charge is 0.273 e. The van der Waals surface area contributed by atoms with E-state index in [-0.39, 0.29) is 18.6 Å². The van der Waals surface area contributed by atoms with Gasteiger partial charge in [-0.25, -0.2) is 4.98 Å². The molecular formula is C10H16N2O2S. The first kappa shape index (κ1) is 12.1. The van der Waals surface area contributed by atoms with Crippen LogP contribution in [0.3, 0.4) is 0 Å². The summed E-state index contributed by atoms with van der Waals surface area (Å²) in [5.41, 5.74) is 0.472. The van der Waals surface area contributed by atoms with E-state index in [1.165, 1.54) is 11.3 Å². The topological polar surface area (TPSA) is 53.4 Å². The molecule has 0 saturated heterocycles. The molecule has 0 spiro atoms. The number of amides is 1. The molecule has 1 rings (SSSR count). The maximum Gasteiger partial charge on any atom is 0.273 e. The molecule has 0 aliphatic heterocycles. The van der Waals surface area contributed by atoms with Gasteiger partial charge in [0.2, 0.25) is 0 Å². The zero-order chi connectivity index (χ0) is 11.4. The van der Waals surface area contributed by atoms with Gasteiger partial charge in [0.15, 0.2) is 0 Å². The number of hydrogen-bond acceptors (Lipinski definition) is 4. The first-order valence-electron chi connectivity index (χ1n) is 4.90. The van der Waals surface area contributed by atoms with Gasteiger partial charge in [-0.05, 0) is 20.8 Å². The Morgan fingerprint density at radius 2 is 2.33 bits per heavy atom. The van der Waals surface area contributed by atoms with Crippen LogP contribution in [-0.4, -0.2) is 40.1 Å². The molecule has 1 aromatic rings. The van der Waals surface area contributed by atoms with E-state index in [1.54, 1.807) is 10.3 Å². The number of aryl methyl sites for hydroxylation is 1. The third kappa shape index (κ3) is 3.00. The van der Waals surface area contributed by atoms with Gasteiger partial charge in [-0.15, -0.1) is 11.3 Å². The Labute approximate surface area is 93.6 Å². The second-order valence-corrected chi connectivity index (χ2v) is 4.63. The fourth-order valence-corrected chi connectivity index (χ4v) is 1.90. The van der Waals surface area contributed by atoms with Crippen molar-refractivity contribution in [3.8, 4) is 0 Å². The molecule has 0 bridgehead atoms. The Morgan fingerprint density at radius 1 is 1.67 bits per heavy atom. The summed E-state index contributed by atoms with van der Waals surface area (Å²) in [7, 11) is 0. The fraction of sp³-hybridized carbons (Fsp3) is 0.600. The third-order valence-electron chi connectivity index (χ3n) is 2.06. The number of aliphatic hydroxyl groups excluding tert-OH is 1. The van der Waals surface area contributed by atoms with Crippen LogP contribution >= 0.6 is 11.3 Å². The van der Waals surface area contributed by atoms with Crippen LogP contribution in [0.15, 0.2) is 5.38 Å². The van der Waals surface area contributed by atoms with Crippen molar-refractivity contribution in [1.82, 2.24) is 9.88 Å². The molecule has 5 heteroatoms. The Morgan fingerprint density at radius 3 is 2.73 bits per heavy atom. The van der Waals surface area contributed by atoms with Gasteiger partial charge < -0.3 is 10.0 Å². The van der Waals surface area contributed by atoms with Gasteiger partial charge in [0.05, 0.1) is 11.6 Å². The average Bonchev–Trinajstić information content (AvgIpc) is 2.59. The Bertz CT molecular complexity index is 336. The molecule has 1 N–H and O–H groups in total. The highest BCUT2D eigenvalue weighted by atomic mass is 32.1. The third-order valence-corrected chi connectivity index (χ3v) is 2.84. The predicted octanol–water partition coefficient (Wildman–Crippen LogP) is 1.29. The molecule has 1 aromatic heterocycles. The van der Waals surface area contributed by atoms with Crippen molar-refractivity contribution in [1.29, 1.82) is 0 Å². The van der Waals surface area contributed by atoms with E-state index in [0.29, 0.717) is 12.2 Å². The Kier molecular flexibility index (Phi) is 4.23. The minimum Gasteiger partial charge on any atom is -0.395 e. The highest BCUT2D eigenvalue weighted by molar-refractivity contribution is 7.09. The van der Waals surface area contributed by atoms with Crippen LogP contribution in [0.1, 0.15) is 29.3 Å². The molecule has 0 saturated carbocycles. The standard InChI is InChI=1S/C10H16N2O2S/c1-7(2)12(4-5-13)10(14)9-6-15-8(3)11-9/h6-7,13H,4-5H2,1-3H3. The summed E-state index contributed by atoms with van der Waals surface area (Å²) in [4.78, 5) is 17.7. The van der Waals surface area contributed by atoms with Crippen molar-refractivity contribution < 1.29 is 9.90 Å². The lowest BCUT2D eigenvalue weighted by Gasteiger charge is -2.24. The van der Waals surface area contributed by atoms with Gasteiger partial charge in [0, 0.05) is 18.0 Å². The number of carbonyl (C=O) groups is 1. The summed E-state index contributed by atoms with van der Waals surface area (Å²) in [5.74, 6) is -0.108. The summed E-state index contributed by atoms with van der Waals surface area (Å²) < 4.78 is 0. The summed E-state index contributed by atoms with van der Waals surface area (Å²) in [6.45, 7) is 6.05.